The molecular formula is C7H12O4. The molecule has 0 bridgehead atoms. The van der Waals surface area contributed by atoms with Gasteiger partial charge in [0.2, 0.25) is 0 Å². The zero-order chi connectivity index (χ0) is 8.85. The van der Waals surface area contributed by atoms with Crippen molar-refractivity contribution in [3.63, 3.8) is 0 Å². The monoisotopic (exact) mass is 160 g/mol. The SMILES string of the molecule is CC(=O)O[C@@H](C)[C@H](C)OC=O. The lowest BCUT2D eigenvalue weighted by Crippen LogP contribution is -2.27. The van der Waals surface area contributed by atoms with Gasteiger partial charge in [0.1, 0.15) is 12.2 Å². The van der Waals surface area contributed by atoms with Crippen molar-refractivity contribution in [2.24, 2.45) is 0 Å². The lowest BCUT2D eigenvalue weighted by Gasteiger charge is -2.17. The van der Waals surface area contributed by atoms with Crippen molar-refractivity contribution >= 4 is 12.4 Å². The van der Waals surface area contributed by atoms with E-state index in [1.165, 1.54) is 6.92 Å². The van der Waals surface area contributed by atoms with Gasteiger partial charge < -0.3 is 9.47 Å². The lowest BCUT2D eigenvalue weighted by molar-refractivity contribution is -0.156. The number of hydrogen-bond donors (Lipinski definition) is 0. The Morgan fingerprint density at radius 2 is 1.91 bits per heavy atom. The average Bonchev–Trinajstić information content (AvgIpc) is 1.86. The molecule has 0 aromatic carbocycles. The third-order valence-electron chi connectivity index (χ3n) is 1.28. The summed E-state index contributed by atoms with van der Waals surface area (Å²) in [7, 11) is 0. The van der Waals surface area contributed by atoms with Crippen molar-refractivity contribution in [1.82, 2.24) is 0 Å². The van der Waals surface area contributed by atoms with Gasteiger partial charge in [-0.25, -0.2) is 0 Å². The number of carbonyl (C=O) groups excluding carboxylic acids is 2. The Balaban J connectivity index is 3.71. The van der Waals surface area contributed by atoms with Gasteiger partial charge in [0.05, 0.1) is 0 Å². The zero-order valence-corrected chi connectivity index (χ0v) is 6.87. The summed E-state index contributed by atoms with van der Waals surface area (Å²) in [5.74, 6) is -0.376. The molecule has 0 aromatic heterocycles. The van der Waals surface area contributed by atoms with Gasteiger partial charge >= 0.3 is 5.97 Å². The van der Waals surface area contributed by atoms with Crippen LogP contribution in [0.4, 0.5) is 0 Å². The van der Waals surface area contributed by atoms with Crippen LogP contribution in [0.2, 0.25) is 0 Å². The second kappa shape index (κ2) is 4.71. The molecule has 2 atom stereocenters. The van der Waals surface area contributed by atoms with E-state index < -0.39 is 12.2 Å². The lowest BCUT2D eigenvalue weighted by atomic mass is 10.2. The van der Waals surface area contributed by atoms with Crippen LogP contribution < -0.4 is 0 Å². The molecule has 64 valence electrons. The molecule has 0 saturated heterocycles. The first-order valence-corrected chi connectivity index (χ1v) is 3.34. The van der Waals surface area contributed by atoms with Crippen molar-refractivity contribution in [1.29, 1.82) is 0 Å². The highest BCUT2D eigenvalue weighted by atomic mass is 16.6. The van der Waals surface area contributed by atoms with Gasteiger partial charge in [-0.3, -0.25) is 9.59 Å². The van der Waals surface area contributed by atoms with E-state index in [-0.39, 0.29) is 5.97 Å². The minimum absolute atomic E-state index is 0.338. The van der Waals surface area contributed by atoms with Gasteiger partial charge in [-0.2, -0.15) is 0 Å². The molecule has 0 spiro atoms. The van der Waals surface area contributed by atoms with Gasteiger partial charge in [-0.1, -0.05) is 0 Å². The zero-order valence-electron chi connectivity index (χ0n) is 6.87. The highest BCUT2D eigenvalue weighted by Gasteiger charge is 2.14. The second-order valence-corrected chi connectivity index (χ2v) is 2.25. The second-order valence-electron chi connectivity index (χ2n) is 2.25. The van der Waals surface area contributed by atoms with Crippen LogP contribution in [0.25, 0.3) is 0 Å². The topological polar surface area (TPSA) is 52.6 Å². The highest BCUT2D eigenvalue weighted by molar-refractivity contribution is 5.66. The van der Waals surface area contributed by atoms with E-state index in [0.717, 1.165) is 0 Å². The summed E-state index contributed by atoms with van der Waals surface area (Å²) in [4.78, 5) is 20.2. The Bertz CT molecular complexity index is 143. The molecule has 0 aliphatic carbocycles. The van der Waals surface area contributed by atoms with Crippen LogP contribution in [0.1, 0.15) is 20.8 Å². The van der Waals surface area contributed by atoms with Crippen molar-refractivity contribution < 1.29 is 19.1 Å². The van der Waals surface area contributed by atoms with E-state index in [1.54, 1.807) is 13.8 Å². The first-order valence-electron chi connectivity index (χ1n) is 3.34. The van der Waals surface area contributed by atoms with E-state index in [4.69, 9.17) is 4.74 Å². The van der Waals surface area contributed by atoms with Gasteiger partial charge in [-0.15, -0.1) is 0 Å². The van der Waals surface area contributed by atoms with E-state index in [1.807, 2.05) is 0 Å². The highest BCUT2D eigenvalue weighted by Crippen LogP contribution is 2.01. The maximum Gasteiger partial charge on any atom is 0.303 e. The Morgan fingerprint density at radius 3 is 2.27 bits per heavy atom. The fourth-order valence-corrected chi connectivity index (χ4v) is 0.556. The van der Waals surface area contributed by atoms with Crippen LogP contribution in [-0.4, -0.2) is 24.6 Å². The number of ether oxygens (including phenoxy) is 2. The normalized spacial score (nSPS) is 14.8. The number of carbonyl (C=O) groups is 2. The fraction of sp³-hybridized carbons (Fsp3) is 0.714. The van der Waals surface area contributed by atoms with Crippen LogP contribution in [0.3, 0.4) is 0 Å². The third kappa shape index (κ3) is 4.36. The Labute approximate surface area is 65.5 Å². The van der Waals surface area contributed by atoms with Gasteiger partial charge in [0.15, 0.2) is 0 Å². The van der Waals surface area contributed by atoms with Gasteiger partial charge in [0.25, 0.3) is 6.47 Å². The molecule has 11 heavy (non-hydrogen) atoms. The van der Waals surface area contributed by atoms with Gasteiger partial charge in [-0.05, 0) is 13.8 Å². The largest absolute Gasteiger partial charge is 0.461 e. The van der Waals surface area contributed by atoms with Crippen molar-refractivity contribution in [2.45, 2.75) is 33.0 Å². The molecule has 4 nitrogen and oxygen atoms in total. The molecule has 0 aliphatic heterocycles. The first kappa shape index (κ1) is 9.94. The Hall–Kier alpha value is -1.06. The number of esters is 1. The Morgan fingerprint density at radius 1 is 1.36 bits per heavy atom. The molecule has 0 saturated carbocycles. The summed E-state index contributed by atoms with van der Waals surface area (Å²) in [5, 5.41) is 0. The molecule has 0 aromatic rings. The summed E-state index contributed by atoms with van der Waals surface area (Å²) >= 11 is 0. The maximum atomic E-state index is 10.4. The molecule has 0 N–H and O–H groups in total. The standard InChI is InChI=1S/C7H12O4/c1-5(10-4-8)6(2)11-7(3)9/h4-6H,1-3H3/t5-,6-/m0/s1. The van der Waals surface area contributed by atoms with Crippen molar-refractivity contribution in [2.75, 3.05) is 0 Å². The number of hydrogen-bond acceptors (Lipinski definition) is 4. The number of rotatable bonds is 4. The molecule has 0 radical (unpaired) electrons. The molecule has 0 unspecified atom stereocenters. The minimum atomic E-state index is -0.392. The molecule has 0 amide bonds. The molecule has 0 fully saturated rings. The molecule has 0 rings (SSSR count). The minimum Gasteiger partial charge on any atom is -0.461 e. The van der Waals surface area contributed by atoms with Gasteiger partial charge in [0, 0.05) is 6.92 Å². The summed E-state index contributed by atoms with van der Waals surface area (Å²) < 4.78 is 9.29. The molecule has 0 aliphatic rings. The molecule has 0 heterocycles. The Kier molecular flexibility index (Phi) is 4.26. The summed E-state index contributed by atoms with van der Waals surface area (Å²) in [5.41, 5.74) is 0. The van der Waals surface area contributed by atoms with Crippen LogP contribution in [0.5, 0.6) is 0 Å². The maximum absolute atomic E-state index is 10.4. The van der Waals surface area contributed by atoms with Crippen LogP contribution in [0.15, 0.2) is 0 Å². The average molecular weight is 160 g/mol. The predicted molar refractivity (Wildman–Crippen MR) is 37.8 cm³/mol. The van der Waals surface area contributed by atoms with Crippen LogP contribution in [-0.2, 0) is 19.1 Å². The van der Waals surface area contributed by atoms with Crippen LogP contribution in [0, 0.1) is 0 Å². The summed E-state index contributed by atoms with van der Waals surface area (Å²) in [6, 6.07) is 0. The van der Waals surface area contributed by atoms with E-state index in [0.29, 0.717) is 6.47 Å². The van der Waals surface area contributed by atoms with E-state index >= 15 is 0 Å². The third-order valence-corrected chi connectivity index (χ3v) is 1.28. The fourth-order valence-electron chi connectivity index (χ4n) is 0.556. The summed E-state index contributed by atoms with van der Waals surface area (Å²) in [6.07, 6.45) is -0.783. The van der Waals surface area contributed by atoms with Crippen molar-refractivity contribution in [3.05, 3.63) is 0 Å². The van der Waals surface area contributed by atoms with Crippen molar-refractivity contribution in [3.8, 4) is 0 Å². The first-order chi connectivity index (χ1) is 5.07. The predicted octanol–water partition coefficient (Wildman–Crippen LogP) is 0.500. The smallest absolute Gasteiger partial charge is 0.303 e. The molecule has 4 heteroatoms. The molecular weight excluding hydrogens is 148 g/mol. The van der Waals surface area contributed by atoms with Crippen LogP contribution >= 0.6 is 0 Å². The van der Waals surface area contributed by atoms with E-state index in [9.17, 15) is 9.59 Å². The quantitative estimate of drug-likeness (QED) is 0.444. The summed E-state index contributed by atoms with van der Waals surface area (Å²) in [6.45, 7) is 4.96. The van der Waals surface area contributed by atoms with E-state index in [2.05, 4.69) is 4.74 Å².